The Bertz CT molecular complexity index is 514. The Morgan fingerprint density at radius 1 is 1.20 bits per heavy atom. The highest BCUT2D eigenvalue weighted by atomic mass is 32.2. The summed E-state index contributed by atoms with van der Waals surface area (Å²) in [5.41, 5.74) is 7.30. The molecule has 0 fully saturated rings. The molecule has 0 amide bonds. The second kappa shape index (κ2) is 7.76. The summed E-state index contributed by atoms with van der Waals surface area (Å²) in [6.45, 7) is 6.52. The van der Waals surface area contributed by atoms with Gasteiger partial charge < -0.3 is 5.73 Å². The lowest BCUT2D eigenvalue weighted by Gasteiger charge is -2.18. The summed E-state index contributed by atoms with van der Waals surface area (Å²) < 4.78 is 27.1. The number of hydrogen-bond acceptors (Lipinski definition) is 3. The summed E-state index contributed by atoms with van der Waals surface area (Å²) in [5.74, 6) is 0.509. The normalized spacial score (nSPS) is 15.0. The van der Waals surface area contributed by atoms with E-state index in [4.69, 9.17) is 5.73 Å². The Labute approximate surface area is 122 Å². The van der Waals surface area contributed by atoms with Gasteiger partial charge in [0.2, 0.25) is 10.0 Å². The number of nitrogens with one attached hydrogen (secondary N) is 1. The van der Waals surface area contributed by atoms with E-state index in [0.717, 1.165) is 24.0 Å². The van der Waals surface area contributed by atoms with Crippen LogP contribution in [0, 0.1) is 5.92 Å². The third kappa shape index (κ3) is 5.61. The SMILES string of the molecule is CCC(C)CC(C)NS(=O)(=O)Cc1ccccc1CN. The first-order valence-corrected chi connectivity index (χ1v) is 8.80. The summed E-state index contributed by atoms with van der Waals surface area (Å²) in [7, 11) is -3.33. The van der Waals surface area contributed by atoms with Crippen LogP contribution >= 0.6 is 0 Å². The van der Waals surface area contributed by atoms with E-state index >= 15 is 0 Å². The van der Waals surface area contributed by atoms with Gasteiger partial charge in [0.25, 0.3) is 0 Å². The lowest BCUT2D eigenvalue weighted by molar-refractivity contribution is 0.445. The minimum absolute atomic E-state index is 0.00871. The summed E-state index contributed by atoms with van der Waals surface area (Å²) in [6.07, 6.45) is 1.91. The summed E-state index contributed by atoms with van der Waals surface area (Å²) in [4.78, 5) is 0. The predicted octanol–water partition coefficient (Wildman–Crippen LogP) is 2.39. The molecule has 4 nitrogen and oxygen atoms in total. The van der Waals surface area contributed by atoms with E-state index in [-0.39, 0.29) is 11.8 Å². The molecule has 0 aromatic heterocycles. The third-order valence-corrected chi connectivity index (χ3v) is 4.97. The van der Waals surface area contributed by atoms with Crippen molar-refractivity contribution >= 4 is 10.0 Å². The van der Waals surface area contributed by atoms with Crippen molar-refractivity contribution in [1.82, 2.24) is 4.72 Å². The zero-order valence-corrected chi connectivity index (χ0v) is 13.4. The molecule has 0 aliphatic heterocycles. The van der Waals surface area contributed by atoms with E-state index in [1.807, 2.05) is 31.2 Å². The largest absolute Gasteiger partial charge is 0.326 e. The quantitative estimate of drug-likeness (QED) is 0.774. The van der Waals surface area contributed by atoms with Gasteiger partial charge in [-0.05, 0) is 30.4 Å². The van der Waals surface area contributed by atoms with Crippen LogP contribution in [0.15, 0.2) is 24.3 Å². The maximum atomic E-state index is 12.2. The van der Waals surface area contributed by atoms with Crippen LogP contribution in [0.25, 0.3) is 0 Å². The van der Waals surface area contributed by atoms with E-state index in [9.17, 15) is 8.42 Å². The molecule has 2 unspecified atom stereocenters. The van der Waals surface area contributed by atoms with E-state index in [1.54, 1.807) is 0 Å². The first-order valence-electron chi connectivity index (χ1n) is 7.14. The summed E-state index contributed by atoms with van der Waals surface area (Å²) >= 11 is 0. The minimum Gasteiger partial charge on any atom is -0.326 e. The number of hydrogen-bond donors (Lipinski definition) is 2. The number of sulfonamides is 1. The molecule has 3 N–H and O–H groups in total. The molecular formula is C15H26N2O2S. The lowest BCUT2D eigenvalue weighted by Crippen LogP contribution is -2.34. The van der Waals surface area contributed by atoms with Crippen molar-refractivity contribution in [2.45, 2.75) is 52.0 Å². The topological polar surface area (TPSA) is 72.2 Å². The molecule has 0 heterocycles. The van der Waals surface area contributed by atoms with E-state index in [2.05, 4.69) is 18.6 Å². The van der Waals surface area contributed by atoms with Crippen molar-refractivity contribution in [3.8, 4) is 0 Å². The van der Waals surface area contributed by atoms with Crippen molar-refractivity contribution in [1.29, 1.82) is 0 Å². The Morgan fingerprint density at radius 2 is 1.80 bits per heavy atom. The predicted molar refractivity (Wildman–Crippen MR) is 83.6 cm³/mol. The zero-order chi connectivity index (χ0) is 15.2. The molecule has 0 bridgehead atoms. The highest BCUT2D eigenvalue weighted by Crippen LogP contribution is 2.14. The fourth-order valence-electron chi connectivity index (χ4n) is 2.27. The monoisotopic (exact) mass is 298 g/mol. The maximum absolute atomic E-state index is 12.2. The van der Waals surface area contributed by atoms with E-state index < -0.39 is 10.0 Å². The fourth-order valence-corrected chi connectivity index (χ4v) is 3.75. The average Bonchev–Trinajstić information content (AvgIpc) is 2.37. The number of benzene rings is 1. The molecule has 5 heteroatoms. The van der Waals surface area contributed by atoms with Gasteiger partial charge in [0.15, 0.2) is 0 Å². The molecule has 0 aliphatic rings. The minimum atomic E-state index is -3.33. The average molecular weight is 298 g/mol. The molecule has 0 spiro atoms. The second-order valence-corrected chi connectivity index (χ2v) is 7.25. The van der Waals surface area contributed by atoms with Crippen molar-refractivity contribution in [2.24, 2.45) is 11.7 Å². The number of rotatable bonds is 8. The third-order valence-electron chi connectivity index (χ3n) is 3.52. The molecule has 0 radical (unpaired) electrons. The smallest absolute Gasteiger partial charge is 0.216 e. The van der Waals surface area contributed by atoms with Gasteiger partial charge >= 0.3 is 0 Å². The highest BCUT2D eigenvalue weighted by molar-refractivity contribution is 7.88. The molecule has 1 aromatic rings. The molecule has 114 valence electrons. The van der Waals surface area contributed by atoms with Crippen molar-refractivity contribution < 1.29 is 8.42 Å². The highest BCUT2D eigenvalue weighted by Gasteiger charge is 2.17. The van der Waals surface area contributed by atoms with Gasteiger partial charge in [-0.15, -0.1) is 0 Å². The van der Waals surface area contributed by atoms with Crippen molar-refractivity contribution in [2.75, 3.05) is 0 Å². The zero-order valence-electron chi connectivity index (χ0n) is 12.6. The van der Waals surface area contributed by atoms with Crippen molar-refractivity contribution in [3.05, 3.63) is 35.4 Å². The Kier molecular flexibility index (Phi) is 6.65. The van der Waals surface area contributed by atoms with Crippen LogP contribution in [0.3, 0.4) is 0 Å². The molecule has 1 aromatic carbocycles. The van der Waals surface area contributed by atoms with Gasteiger partial charge in [0.05, 0.1) is 5.75 Å². The van der Waals surface area contributed by atoms with Gasteiger partial charge in [0.1, 0.15) is 0 Å². The van der Waals surface area contributed by atoms with E-state index in [0.29, 0.717) is 12.5 Å². The molecule has 0 saturated carbocycles. The molecule has 20 heavy (non-hydrogen) atoms. The molecule has 2 atom stereocenters. The Morgan fingerprint density at radius 3 is 2.35 bits per heavy atom. The molecule has 1 rings (SSSR count). The van der Waals surface area contributed by atoms with Crippen LogP contribution in [0.2, 0.25) is 0 Å². The first kappa shape index (κ1) is 17.1. The van der Waals surface area contributed by atoms with Gasteiger partial charge in [-0.2, -0.15) is 0 Å². The first-order chi connectivity index (χ1) is 9.38. The van der Waals surface area contributed by atoms with Gasteiger partial charge in [-0.25, -0.2) is 13.1 Å². The summed E-state index contributed by atoms with van der Waals surface area (Å²) in [6, 6.07) is 7.36. The van der Waals surface area contributed by atoms with Gasteiger partial charge in [0, 0.05) is 12.6 Å². The van der Waals surface area contributed by atoms with Crippen LogP contribution in [0.5, 0.6) is 0 Å². The molecule has 0 saturated heterocycles. The molecule has 0 aliphatic carbocycles. The van der Waals surface area contributed by atoms with Crippen LogP contribution < -0.4 is 10.5 Å². The van der Waals surface area contributed by atoms with Gasteiger partial charge in [-0.1, -0.05) is 44.5 Å². The van der Waals surface area contributed by atoms with Crippen LogP contribution in [-0.4, -0.2) is 14.5 Å². The fraction of sp³-hybridized carbons (Fsp3) is 0.600. The van der Waals surface area contributed by atoms with E-state index in [1.165, 1.54) is 0 Å². The lowest BCUT2D eigenvalue weighted by atomic mass is 10.0. The van der Waals surface area contributed by atoms with Crippen LogP contribution in [0.4, 0.5) is 0 Å². The maximum Gasteiger partial charge on any atom is 0.216 e. The standard InChI is InChI=1S/C15H26N2O2S/c1-4-12(2)9-13(3)17-20(18,19)11-15-8-6-5-7-14(15)10-16/h5-8,12-13,17H,4,9-11,16H2,1-3H3. The van der Waals surface area contributed by atoms with Crippen molar-refractivity contribution in [3.63, 3.8) is 0 Å². The summed E-state index contributed by atoms with van der Waals surface area (Å²) in [5, 5.41) is 0. The Balaban J connectivity index is 2.70. The Hall–Kier alpha value is -0.910. The van der Waals surface area contributed by atoms with Gasteiger partial charge in [-0.3, -0.25) is 0 Å². The van der Waals surface area contributed by atoms with Crippen LogP contribution in [0.1, 0.15) is 44.7 Å². The molecular weight excluding hydrogens is 272 g/mol. The number of nitrogens with two attached hydrogens (primary N) is 1. The van der Waals surface area contributed by atoms with Crippen LogP contribution in [-0.2, 0) is 22.3 Å². The second-order valence-electron chi connectivity index (χ2n) is 5.50.